The number of methoxy groups -OCH3 is 1. The molecule has 1 aromatic heterocycles. The zero-order chi connectivity index (χ0) is 14.8. The monoisotopic (exact) mass is 320 g/mol. The van der Waals surface area contributed by atoms with E-state index in [1.54, 1.807) is 12.1 Å². The highest BCUT2D eigenvalue weighted by Crippen LogP contribution is 2.38. The van der Waals surface area contributed by atoms with Crippen molar-refractivity contribution in [1.82, 2.24) is 10.2 Å². The lowest BCUT2D eigenvalue weighted by Gasteiger charge is -2.07. The van der Waals surface area contributed by atoms with Crippen molar-refractivity contribution in [2.45, 2.75) is 0 Å². The molecule has 0 aliphatic rings. The lowest BCUT2D eigenvalue weighted by Crippen LogP contribution is -1.89. The van der Waals surface area contributed by atoms with Crippen LogP contribution < -0.4 is 4.74 Å². The molecule has 3 aromatic rings. The number of nitrogens with zero attached hydrogens (tertiary/aromatic N) is 2. The van der Waals surface area contributed by atoms with Gasteiger partial charge in [0, 0.05) is 10.6 Å². The fraction of sp³-hybridized carbons (Fsp3) is 0.0667. The van der Waals surface area contributed by atoms with E-state index in [0.717, 1.165) is 5.56 Å². The van der Waals surface area contributed by atoms with Crippen LogP contribution in [0.1, 0.15) is 0 Å². The topological polar surface area (TPSA) is 48.2 Å². The van der Waals surface area contributed by atoms with Gasteiger partial charge in [0.1, 0.15) is 5.75 Å². The van der Waals surface area contributed by atoms with Crippen LogP contribution in [0.25, 0.3) is 22.9 Å². The summed E-state index contributed by atoms with van der Waals surface area (Å²) in [7, 11) is 1.52. The number of aromatic nitrogens is 2. The normalized spacial score (nSPS) is 10.6. The summed E-state index contributed by atoms with van der Waals surface area (Å²) in [6.07, 6.45) is 0. The predicted octanol–water partition coefficient (Wildman–Crippen LogP) is 4.72. The molecule has 0 amide bonds. The van der Waals surface area contributed by atoms with E-state index in [0.29, 0.717) is 33.1 Å². The Labute approximate surface area is 131 Å². The van der Waals surface area contributed by atoms with Gasteiger partial charge in [0.25, 0.3) is 5.89 Å². The average Bonchev–Trinajstić information content (AvgIpc) is 2.97. The third kappa shape index (κ3) is 2.73. The number of halogens is 2. The number of benzene rings is 2. The summed E-state index contributed by atoms with van der Waals surface area (Å²) in [5.41, 5.74) is 1.40. The molecule has 0 fully saturated rings. The van der Waals surface area contributed by atoms with E-state index in [2.05, 4.69) is 10.2 Å². The molecule has 0 saturated carbocycles. The largest absolute Gasteiger partial charge is 0.494 e. The highest BCUT2D eigenvalue weighted by molar-refractivity contribution is 6.36. The standard InChI is InChI=1S/C15H10Cl2N2O2/c1-20-13-11(7-10(16)8-12(13)17)15-19-18-14(21-15)9-5-3-2-4-6-9/h2-8H,1H3. The summed E-state index contributed by atoms with van der Waals surface area (Å²) in [4.78, 5) is 0. The van der Waals surface area contributed by atoms with Crippen LogP contribution in [0.3, 0.4) is 0 Å². The van der Waals surface area contributed by atoms with Crippen LogP contribution in [0.2, 0.25) is 10.0 Å². The first kappa shape index (κ1) is 13.9. The smallest absolute Gasteiger partial charge is 0.252 e. The Morgan fingerprint density at radius 3 is 2.43 bits per heavy atom. The van der Waals surface area contributed by atoms with Crippen molar-refractivity contribution in [3.8, 4) is 28.7 Å². The zero-order valence-electron chi connectivity index (χ0n) is 11.0. The summed E-state index contributed by atoms with van der Waals surface area (Å²) in [6, 6.07) is 12.8. The first-order valence-electron chi connectivity index (χ1n) is 6.11. The van der Waals surface area contributed by atoms with Crippen molar-refractivity contribution < 1.29 is 9.15 Å². The highest BCUT2D eigenvalue weighted by Gasteiger charge is 2.18. The van der Waals surface area contributed by atoms with Gasteiger partial charge in [-0.15, -0.1) is 10.2 Å². The van der Waals surface area contributed by atoms with Crippen molar-refractivity contribution in [2.75, 3.05) is 7.11 Å². The lowest BCUT2D eigenvalue weighted by molar-refractivity contribution is 0.414. The summed E-state index contributed by atoms with van der Waals surface area (Å²) in [5.74, 6) is 1.17. The van der Waals surface area contributed by atoms with Crippen LogP contribution in [0, 0.1) is 0 Å². The SMILES string of the molecule is COc1c(Cl)cc(Cl)cc1-c1nnc(-c2ccccc2)o1. The van der Waals surface area contributed by atoms with E-state index in [-0.39, 0.29) is 0 Å². The number of hydrogen-bond donors (Lipinski definition) is 0. The molecule has 0 N–H and O–H groups in total. The van der Waals surface area contributed by atoms with Gasteiger partial charge >= 0.3 is 0 Å². The van der Waals surface area contributed by atoms with Gasteiger partial charge in [-0.25, -0.2) is 0 Å². The minimum Gasteiger partial charge on any atom is -0.494 e. The Kier molecular flexibility index (Phi) is 3.82. The van der Waals surface area contributed by atoms with Crippen LogP contribution in [-0.4, -0.2) is 17.3 Å². The molecular formula is C15H10Cl2N2O2. The number of ether oxygens (including phenoxy) is 1. The van der Waals surface area contributed by atoms with E-state index >= 15 is 0 Å². The van der Waals surface area contributed by atoms with Crippen LogP contribution in [0.5, 0.6) is 5.75 Å². The molecule has 3 rings (SSSR count). The Morgan fingerprint density at radius 1 is 1.00 bits per heavy atom. The van der Waals surface area contributed by atoms with Gasteiger partial charge in [-0.05, 0) is 24.3 Å². The summed E-state index contributed by atoms with van der Waals surface area (Å²) < 4.78 is 11.0. The van der Waals surface area contributed by atoms with Gasteiger partial charge in [-0.1, -0.05) is 41.4 Å². The van der Waals surface area contributed by atoms with Crippen LogP contribution >= 0.6 is 23.2 Å². The molecule has 106 valence electrons. The fourth-order valence-corrected chi connectivity index (χ4v) is 2.53. The first-order chi connectivity index (χ1) is 10.2. The molecule has 1 heterocycles. The second-order valence-electron chi connectivity index (χ2n) is 4.25. The van der Waals surface area contributed by atoms with Crippen LogP contribution in [-0.2, 0) is 0 Å². The van der Waals surface area contributed by atoms with Gasteiger partial charge in [-0.3, -0.25) is 0 Å². The van der Waals surface area contributed by atoms with E-state index < -0.39 is 0 Å². The average molecular weight is 321 g/mol. The number of hydrogen-bond acceptors (Lipinski definition) is 4. The molecule has 0 bridgehead atoms. The predicted molar refractivity (Wildman–Crippen MR) is 81.7 cm³/mol. The lowest BCUT2D eigenvalue weighted by atomic mass is 10.2. The van der Waals surface area contributed by atoms with E-state index in [1.807, 2.05) is 30.3 Å². The maximum Gasteiger partial charge on any atom is 0.252 e. The minimum absolute atomic E-state index is 0.301. The molecule has 0 radical (unpaired) electrons. The molecule has 6 heteroatoms. The third-order valence-electron chi connectivity index (χ3n) is 2.89. The molecule has 0 unspecified atom stereocenters. The van der Waals surface area contributed by atoms with Crippen molar-refractivity contribution in [2.24, 2.45) is 0 Å². The van der Waals surface area contributed by atoms with Gasteiger partial charge < -0.3 is 9.15 Å². The third-order valence-corrected chi connectivity index (χ3v) is 3.39. The van der Waals surface area contributed by atoms with Crippen molar-refractivity contribution in [3.05, 3.63) is 52.5 Å². The molecule has 0 aliphatic heterocycles. The van der Waals surface area contributed by atoms with Crippen LogP contribution in [0.4, 0.5) is 0 Å². The minimum atomic E-state index is 0.301. The quantitative estimate of drug-likeness (QED) is 0.700. The summed E-state index contributed by atoms with van der Waals surface area (Å²) in [6.45, 7) is 0. The maximum absolute atomic E-state index is 6.11. The van der Waals surface area contributed by atoms with Gasteiger partial charge in [0.15, 0.2) is 0 Å². The summed E-state index contributed by atoms with van der Waals surface area (Å²) in [5, 5.41) is 8.94. The van der Waals surface area contributed by atoms with Gasteiger partial charge in [-0.2, -0.15) is 0 Å². The van der Waals surface area contributed by atoms with Gasteiger partial charge in [0.2, 0.25) is 5.89 Å². The second kappa shape index (κ2) is 5.76. The first-order valence-corrected chi connectivity index (χ1v) is 6.87. The molecule has 21 heavy (non-hydrogen) atoms. The van der Waals surface area contributed by atoms with Crippen molar-refractivity contribution in [3.63, 3.8) is 0 Å². The Hall–Kier alpha value is -2.04. The Morgan fingerprint density at radius 2 is 1.71 bits per heavy atom. The fourth-order valence-electron chi connectivity index (χ4n) is 1.96. The molecule has 0 atom stereocenters. The molecule has 2 aromatic carbocycles. The van der Waals surface area contributed by atoms with Crippen molar-refractivity contribution >= 4 is 23.2 Å². The number of rotatable bonds is 3. The highest BCUT2D eigenvalue weighted by atomic mass is 35.5. The molecule has 0 spiro atoms. The second-order valence-corrected chi connectivity index (χ2v) is 5.09. The molecule has 0 saturated heterocycles. The van der Waals surface area contributed by atoms with E-state index in [1.165, 1.54) is 7.11 Å². The Balaban J connectivity index is 2.09. The van der Waals surface area contributed by atoms with E-state index in [4.69, 9.17) is 32.4 Å². The van der Waals surface area contributed by atoms with Crippen molar-refractivity contribution in [1.29, 1.82) is 0 Å². The molecular weight excluding hydrogens is 311 g/mol. The summed E-state index contributed by atoms with van der Waals surface area (Å²) >= 11 is 12.1. The molecule has 0 aliphatic carbocycles. The van der Waals surface area contributed by atoms with Crippen LogP contribution in [0.15, 0.2) is 46.9 Å². The zero-order valence-corrected chi connectivity index (χ0v) is 12.5. The van der Waals surface area contributed by atoms with Gasteiger partial charge in [0.05, 0.1) is 17.7 Å². The maximum atomic E-state index is 6.11. The Bertz CT molecular complexity index is 773. The van der Waals surface area contributed by atoms with E-state index in [9.17, 15) is 0 Å². The molecule has 4 nitrogen and oxygen atoms in total.